The highest BCUT2D eigenvalue weighted by Crippen LogP contribution is 2.26. The number of fused-ring (bicyclic) bond motifs is 1. The zero-order valence-electron chi connectivity index (χ0n) is 14.1. The highest BCUT2D eigenvalue weighted by Gasteiger charge is 2.16. The van der Waals surface area contributed by atoms with Gasteiger partial charge in [0.05, 0.1) is 7.11 Å². The Hall–Kier alpha value is -2.00. The van der Waals surface area contributed by atoms with Gasteiger partial charge >= 0.3 is 0 Å². The maximum Gasteiger partial charge on any atom is 0.118 e. The van der Waals surface area contributed by atoms with Crippen molar-refractivity contribution in [2.45, 2.75) is 32.2 Å². The second kappa shape index (κ2) is 7.51. The lowest BCUT2D eigenvalue weighted by molar-refractivity contribution is 0.414. The molecule has 1 heterocycles. The van der Waals surface area contributed by atoms with E-state index in [1.807, 2.05) is 12.1 Å². The monoisotopic (exact) mass is 310 g/mol. The summed E-state index contributed by atoms with van der Waals surface area (Å²) in [7, 11) is 1.70. The second-order valence-electron chi connectivity index (χ2n) is 6.34. The highest BCUT2D eigenvalue weighted by atomic mass is 16.5. The summed E-state index contributed by atoms with van der Waals surface area (Å²) >= 11 is 0. The minimum absolute atomic E-state index is 0.572. The quantitative estimate of drug-likeness (QED) is 0.769. The van der Waals surface area contributed by atoms with Crippen LogP contribution in [0.5, 0.6) is 5.75 Å². The fourth-order valence-electron chi connectivity index (χ4n) is 3.14. The van der Waals surface area contributed by atoms with Crippen molar-refractivity contribution in [3.63, 3.8) is 0 Å². The van der Waals surface area contributed by atoms with Gasteiger partial charge in [-0.2, -0.15) is 0 Å². The third-order valence-electron chi connectivity index (χ3n) is 4.44. The Kier molecular flexibility index (Phi) is 5.19. The second-order valence-corrected chi connectivity index (χ2v) is 6.34. The molecule has 1 unspecified atom stereocenters. The molecule has 3 heteroatoms. The normalized spacial score (nSPS) is 16.0. The third-order valence-corrected chi connectivity index (χ3v) is 4.44. The lowest BCUT2D eigenvalue weighted by Crippen LogP contribution is -2.20. The lowest BCUT2D eigenvalue weighted by Gasteiger charge is -2.07. The van der Waals surface area contributed by atoms with Crippen LogP contribution in [0.25, 0.3) is 0 Å². The van der Waals surface area contributed by atoms with Crippen LogP contribution >= 0.6 is 0 Å². The predicted molar refractivity (Wildman–Crippen MR) is 96.5 cm³/mol. The molecule has 0 spiro atoms. The largest absolute Gasteiger partial charge is 0.497 e. The van der Waals surface area contributed by atoms with E-state index in [9.17, 15) is 0 Å². The SMILES string of the molecule is COc1ccc(CCNCCc2ccc3c(c2)CC(C)N3)cc1. The summed E-state index contributed by atoms with van der Waals surface area (Å²) in [6, 6.07) is 15.7. The minimum Gasteiger partial charge on any atom is -0.497 e. The Morgan fingerprint density at radius 1 is 1.04 bits per heavy atom. The van der Waals surface area contributed by atoms with Crippen molar-refractivity contribution in [2.75, 3.05) is 25.5 Å². The van der Waals surface area contributed by atoms with Crippen molar-refractivity contribution in [3.8, 4) is 5.75 Å². The van der Waals surface area contributed by atoms with Gasteiger partial charge in [0.15, 0.2) is 0 Å². The topological polar surface area (TPSA) is 33.3 Å². The summed E-state index contributed by atoms with van der Waals surface area (Å²) in [5, 5.41) is 7.04. The first-order chi connectivity index (χ1) is 11.2. The van der Waals surface area contributed by atoms with Crippen LogP contribution in [0.2, 0.25) is 0 Å². The number of anilines is 1. The van der Waals surface area contributed by atoms with Crippen molar-refractivity contribution in [1.29, 1.82) is 0 Å². The maximum absolute atomic E-state index is 5.18. The van der Waals surface area contributed by atoms with Crippen LogP contribution in [0.4, 0.5) is 5.69 Å². The Balaban J connectivity index is 1.39. The minimum atomic E-state index is 0.572. The number of benzene rings is 2. The smallest absolute Gasteiger partial charge is 0.118 e. The molecule has 0 amide bonds. The number of rotatable bonds is 7. The number of nitrogens with one attached hydrogen (secondary N) is 2. The molecular formula is C20H26N2O. The van der Waals surface area contributed by atoms with Crippen molar-refractivity contribution in [3.05, 3.63) is 59.2 Å². The van der Waals surface area contributed by atoms with Gasteiger partial charge in [-0.15, -0.1) is 0 Å². The van der Waals surface area contributed by atoms with Crippen LogP contribution in [0.1, 0.15) is 23.6 Å². The van der Waals surface area contributed by atoms with E-state index in [-0.39, 0.29) is 0 Å². The number of ether oxygens (including phenoxy) is 1. The van der Waals surface area contributed by atoms with Gasteiger partial charge in [-0.1, -0.05) is 24.3 Å². The van der Waals surface area contributed by atoms with Gasteiger partial charge in [0.2, 0.25) is 0 Å². The van der Waals surface area contributed by atoms with Gasteiger partial charge in [-0.05, 0) is 74.2 Å². The van der Waals surface area contributed by atoms with Gasteiger partial charge < -0.3 is 15.4 Å². The molecule has 0 bridgehead atoms. The lowest BCUT2D eigenvalue weighted by atomic mass is 10.0. The summed E-state index contributed by atoms with van der Waals surface area (Å²) in [5.74, 6) is 0.919. The number of methoxy groups -OCH3 is 1. The maximum atomic E-state index is 5.18. The standard InChI is InChI=1S/C20H26N2O/c1-15-13-18-14-17(5-8-20(18)22-15)10-12-21-11-9-16-3-6-19(23-2)7-4-16/h3-8,14-15,21-22H,9-13H2,1-2H3. The average molecular weight is 310 g/mol. The molecule has 2 aromatic carbocycles. The first-order valence-electron chi connectivity index (χ1n) is 8.46. The van der Waals surface area contributed by atoms with E-state index in [2.05, 4.69) is 47.9 Å². The molecule has 1 atom stereocenters. The first-order valence-corrected chi connectivity index (χ1v) is 8.46. The Bertz CT molecular complexity index is 637. The molecule has 0 saturated carbocycles. The van der Waals surface area contributed by atoms with Gasteiger partial charge in [0, 0.05) is 11.7 Å². The molecule has 122 valence electrons. The molecule has 0 fully saturated rings. The zero-order valence-corrected chi connectivity index (χ0v) is 14.1. The van der Waals surface area contributed by atoms with Crippen molar-refractivity contribution >= 4 is 5.69 Å². The summed E-state index contributed by atoms with van der Waals surface area (Å²) < 4.78 is 5.18. The van der Waals surface area contributed by atoms with E-state index < -0.39 is 0 Å². The van der Waals surface area contributed by atoms with Crippen LogP contribution in [0, 0.1) is 0 Å². The molecule has 1 aliphatic rings. The predicted octanol–water partition coefficient (Wildman–Crippen LogP) is 3.43. The van der Waals surface area contributed by atoms with E-state index in [1.54, 1.807) is 7.11 Å². The molecule has 2 aromatic rings. The molecule has 0 radical (unpaired) electrons. The molecule has 0 aromatic heterocycles. The van der Waals surface area contributed by atoms with Crippen LogP contribution in [-0.2, 0) is 19.3 Å². The van der Waals surface area contributed by atoms with E-state index in [4.69, 9.17) is 4.74 Å². The molecule has 0 aliphatic carbocycles. The zero-order chi connectivity index (χ0) is 16.1. The third kappa shape index (κ3) is 4.26. The molecule has 2 N–H and O–H groups in total. The first kappa shape index (κ1) is 15.9. The Morgan fingerprint density at radius 2 is 1.74 bits per heavy atom. The molecule has 1 aliphatic heterocycles. The molecular weight excluding hydrogens is 284 g/mol. The molecule has 3 nitrogen and oxygen atoms in total. The van der Waals surface area contributed by atoms with Gasteiger partial charge in [-0.3, -0.25) is 0 Å². The van der Waals surface area contributed by atoms with Gasteiger partial charge in [0.1, 0.15) is 5.75 Å². The fraction of sp³-hybridized carbons (Fsp3) is 0.400. The van der Waals surface area contributed by atoms with Crippen molar-refractivity contribution in [1.82, 2.24) is 5.32 Å². The molecule has 3 rings (SSSR count). The van der Waals surface area contributed by atoms with Crippen LogP contribution in [0.15, 0.2) is 42.5 Å². The van der Waals surface area contributed by atoms with E-state index in [1.165, 1.54) is 22.4 Å². The van der Waals surface area contributed by atoms with Crippen LogP contribution in [0.3, 0.4) is 0 Å². The Morgan fingerprint density at radius 3 is 2.48 bits per heavy atom. The molecule has 23 heavy (non-hydrogen) atoms. The van der Waals surface area contributed by atoms with E-state index in [0.29, 0.717) is 6.04 Å². The van der Waals surface area contributed by atoms with Crippen molar-refractivity contribution in [2.24, 2.45) is 0 Å². The van der Waals surface area contributed by atoms with E-state index in [0.717, 1.165) is 38.1 Å². The summed E-state index contributed by atoms with van der Waals surface area (Å²) in [6.45, 7) is 4.27. The van der Waals surface area contributed by atoms with Crippen LogP contribution in [-0.4, -0.2) is 26.2 Å². The average Bonchev–Trinajstić information content (AvgIpc) is 2.94. The summed E-state index contributed by atoms with van der Waals surface area (Å²) in [6.07, 6.45) is 3.29. The van der Waals surface area contributed by atoms with Gasteiger partial charge in [-0.25, -0.2) is 0 Å². The van der Waals surface area contributed by atoms with Crippen LogP contribution < -0.4 is 15.4 Å². The van der Waals surface area contributed by atoms with Gasteiger partial charge in [0.25, 0.3) is 0 Å². The van der Waals surface area contributed by atoms with Crippen molar-refractivity contribution < 1.29 is 4.74 Å². The Labute approximate surface area is 139 Å². The van der Waals surface area contributed by atoms with E-state index >= 15 is 0 Å². The molecule has 0 saturated heterocycles. The number of hydrogen-bond acceptors (Lipinski definition) is 3. The number of hydrogen-bond donors (Lipinski definition) is 2. The summed E-state index contributed by atoms with van der Waals surface area (Å²) in [4.78, 5) is 0. The highest BCUT2D eigenvalue weighted by molar-refractivity contribution is 5.57. The summed E-state index contributed by atoms with van der Waals surface area (Å²) in [5.41, 5.74) is 5.55. The fourth-order valence-corrected chi connectivity index (χ4v) is 3.14.